The number of hydrogen-bond donors (Lipinski definition) is 0. The zero-order chi connectivity index (χ0) is 21.7. The molecule has 0 bridgehead atoms. The molecular weight excluding hydrogens is 402 g/mol. The van der Waals surface area contributed by atoms with Gasteiger partial charge in [-0.2, -0.15) is 0 Å². The van der Waals surface area contributed by atoms with Crippen molar-refractivity contribution in [3.63, 3.8) is 0 Å². The minimum Gasteiger partial charge on any atom is -0.496 e. The molecule has 0 N–H and O–H groups in total. The molecule has 0 aliphatic rings. The van der Waals surface area contributed by atoms with Gasteiger partial charge >= 0.3 is 0 Å². The maximum absolute atomic E-state index is 12.9. The fourth-order valence-electron chi connectivity index (χ4n) is 2.96. The quantitative estimate of drug-likeness (QED) is 0.489. The van der Waals surface area contributed by atoms with Crippen LogP contribution in [0, 0.1) is 6.92 Å². The Bertz CT molecular complexity index is 1060. The molecule has 1 aromatic heterocycles. The van der Waals surface area contributed by atoms with E-state index in [2.05, 4.69) is 10.2 Å². The second kappa shape index (κ2) is 9.59. The number of amides is 1. The molecule has 0 aliphatic carbocycles. The van der Waals surface area contributed by atoms with Crippen LogP contribution in [-0.4, -0.2) is 34.2 Å². The maximum atomic E-state index is 12.9. The van der Waals surface area contributed by atoms with Crippen molar-refractivity contribution in [1.82, 2.24) is 15.1 Å². The van der Waals surface area contributed by atoms with Gasteiger partial charge in [-0.1, -0.05) is 35.4 Å². The molecule has 0 saturated carbocycles. The fourth-order valence-corrected chi connectivity index (χ4v) is 3.18. The summed E-state index contributed by atoms with van der Waals surface area (Å²) in [5, 5.41) is 8.68. The van der Waals surface area contributed by atoms with Crippen LogP contribution >= 0.6 is 11.6 Å². The number of halogens is 1. The Balaban J connectivity index is 1.78. The smallest absolute Gasteiger partial charge is 0.249 e. The van der Waals surface area contributed by atoms with Crippen LogP contribution < -0.4 is 4.74 Å². The Morgan fingerprint density at radius 3 is 2.70 bits per heavy atom. The summed E-state index contributed by atoms with van der Waals surface area (Å²) in [6.07, 6.45) is 3.29. The van der Waals surface area contributed by atoms with Crippen molar-refractivity contribution in [2.45, 2.75) is 33.4 Å². The lowest BCUT2D eigenvalue weighted by Gasteiger charge is -2.23. The molecule has 156 valence electrons. The summed E-state index contributed by atoms with van der Waals surface area (Å²) in [7, 11) is 1.61. The number of nitrogens with zero attached hydrogens (tertiary/aromatic N) is 3. The van der Waals surface area contributed by atoms with Gasteiger partial charge in [0.25, 0.3) is 0 Å². The SMILES string of the molecule is COc1ccc(C)cc1/C=C/C(=O)N(Cc1nnc(-c2ccccc2Cl)o1)C(C)C. The van der Waals surface area contributed by atoms with E-state index in [1.165, 1.54) is 6.08 Å². The Labute approximate surface area is 181 Å². The van der Waals surface area contributed by atoms with Crippen molar-refractivity contribution in [2.24, 2.45) is 0 Å². The summed E-state index contributed by atoms with van der Waals surface area (Å²) in [4.78, 5) is 14.5. The van der Waals surface area contributed by atoms with Gasteiger partial charge in [0, 0.05) is 17.7 Å². The van der Waals surface area contributed by atoms with Gasteiger partial charge in [-0.3, -0.25) is 4.79 Å². The Morgan fingerprint density at radius 2 is 2.00 bits per heavy atom. The summed E-state index contributed by atoms with van der Waals surface area (Å²) >= 11 is 6.20. The van der Waals surface area contributed by atoms with Crippen LogP contribution in [0.3, 0.4) is 0 Å². The predicted molar refractivity (Wildman–Crippen MR) is 117 cm³/mol. The van der Waals surface area contributed by atoms with Gasteiger partial charge in [-0.05, 0) is 51.1 Å². The van der Waals surface area contributed by atoms with Crippen molar-refractivity contribution < 1.29 is 13.9 Å². The summed E-state index contributed by atoms with van der Waals surface area (Å²) < 4.78 is 11.1. The van der Waals surface area contributed by atoms with Gasteiger partial charge in [0.2, 0.25) is 17.7 Å². The third kappa shape index (κ3) is 5.07. The molecule has 0 spiro atoms. The first-order chi connectivity index (χ1) is 14.4. The lowest BCUT2D eigenvalue weighted by Crippen LogP contribution is -2.35. The summed E-state index contributed by atoms with van der Waals surface area (Å²) in [6, 6.07) is 13.0. The molecule has 6 nitrogen and oxygen atoms in total. The van der Waals surface area contributed by atoms with E-state index < -0.39 is 0 Å². The van der Waals surface area contributed by atoms with E-state index in [4.69, 9.17) is 20.8 Å². The van der Waals surface area contributed by atoms with E-state index in [1.54, 1.807) is 24.2 Å². The van der Waals surface area contributed by atoms with Crippen LogP contribution in [0.25, 0.3) is 17.5 Å². The molecule has 0 fully saturated rings. The standard InChI is InChI=1S/C23H24ClN3O3/c1-15(2)27(22(28)12-10-17-13-16(3)9-11-20(17)29-4)14-21-25-26-23(30-21)18-7-5-6-8-19(18)24/h5-13,15H,14H2,1-4H3/b12-10+. The molecular formula is C23H24ClN3O3. The lowest BCUT2D eigenvalue weighted by atomic mass is 10.1. The normalized spacial score (nSPS) is 11.3. The number of methoxy groups -OCH3 is 1. The van der Waals surface area contributed by atoms with E-state index in [0.717, 1.165) is 11.1 Å². The number of aryl methyl sites for hydroxylation is 1. The average Bonchev–Trinajstić information content (AvgIpc) is 3.19. The fraction of sp³-hybridized carbons (Fsp3) is 0.261. The summed E-state index contributed by atoms with van der Waals surface area (Å²) in [6.45, 7) is 6.06. The maximum Gasteiger partial charge on any atom is 0.249 e. The van der Waals surface area contributed by atoms with Crippen LogP contribution in [0.4, 0.5) is 0 Å². The third-order valence-electron chi connectivity index (χ3n) is 4.57. The Morgan fingerprint density at radius 1 is 1.23 bits per heavy atom. The van der Waals surface area contributed by atoms with Crippen LogP contribution in [0.15, 0.2) is 53.0 Å². The highest BCUT2D eigenvalue weighted by atomic mass is 35.5. The number of benzene rings is 2. The largest absolute Gasteiger partial charge is 0.496 e. The topological polar surface area (TPSA) is 68.5 Å². The third-order valence-corrected chi connectivity index (χ3v) is 4.90. The van der Waals surface area contributed by atoms with Gasteiger partial charge in [0.1, 0.15) is 5.75 Å². The van der Waals surface area contributed by atoms with E-state index in [-0.39, 0.29) is 18.5 Å². The first kappa shape index (κ1) is 21.6. The van der Waals surface area contributed by atoms with E-state index in [1.807, 2.05) is 57.2 Å². The van der Waals surface area contributed by atoms with Gasteiger partial charge in [0.05, 0.1) is 24.2 Å². The highest BCUT2D eigenvalue weighted by molar-refractivity contribution is 6.33. The average molecular weight is 426 g/mol. The van der Waals surface area contributed by atoms with Crippen LogP contribution in [-0.2, 0) is 11.3 Å². The molecule has 0 unspecified atom stereocenters. The van der Waals surface area contributed by atoms with Gasteiger partial charge in [-0.15, -0.1) is 10.2 Å². The molecule has 0 aliphatic heterocycles. The second-order valence-corrected chi connectivity index (χ2v) is 7.53. The molecule has 2 aromatic carbocycles. The van der Waals surface area contributed by atoms with Gasteiger partial charge in [0.15, 0.2) is 0 Å². The summed E-state index contributed by atoms with van der Waals surface area (Å²) in [5.41, 5.74) is 2.58. The molecule has 0 radical (unpaired) electrons. The minimum atomic E-state index is -0.161. The molecule has 7 heteroatoms. The molecule has 1 heterocycles. The van der Waals surface area contributed by atoms with E-state index in [9.17, 15) is 4.79 Å². The number of ether oxygens (including phenoxy) is 1. The van der Waals surface area contributed by atoms with Gasteiger partial charge in [-0.25, -0.2) is 0 Å². The number of rotatable bonds is 7. The van der Waals surface area contributed by atoms with E-state index in [0.29, 0.717) is 28.1 Å². The predicted octanol–water partition coefficient (Wildman–Crippen LogP) is 5.16. The van der Waals surface area contributed by atoms with E-state index >= 15 is 0 Å². The highest BCUT2D eigenvalue weighted by Gasteiger charge is 2.19. The number of carbonyl (C=O) groups is 1. The zero-order valence-corrected chi connectivity index (χ0v) is 18.2. The molecule has 3 aromatic rings. The molecule has 30 heavy (non-hydrogen) atoms. The molecule has 0 saturated heterocycles. The highest BCUT2D eigenvalue weighted by Crippen LogP contribution is 2.26. The Hall–Kier alpha value is -3.12. The second-order valence-electron chi connectivity index (χ2n) is 7.12. The number of aromatic nitrogens is 2. The number of hydrogen-bond acceptors (Lipinski definition) is 5. The van der Waals surface area contributed by atoms with Crippen molar-refractivity contribution in [1.29, 1.82) is 0 Å². The first-order valence-electron chi connectivity index (χ1n) is 9.59. The molecule has 1 amide bonds. The first-order valence-corrected chi connectivity index (χ1v) is 9.97. The van der Waals surface area contributed by atoms with Gasteiger partial charge < -0.3 is 14.1 Å². The van der Waals surface area contributed by atoms with Crippen molar-refractivity contribution in [3.8, 4) is 17.2 Å². The van der Waals surface area contributed by atoms with Crippen LogP contribution in [0.5, 0.6) is 5.75 Å². The lowest BCUT2D eigenvalue weighted by molar-refractivity contribution is -0.128. The Kier molecular flexibility index (Phi) is 6.90. The van der Waals surface area contributed by atoms with Crippen LogP contribution in [0.1, 0.15) is 30.9 Å². The number of carbonyl (C=O) groups excluding carboxylic acids is 1. The summed E-state index contributed by atoms with van der Waals surface area (Å²) in [5.74, 6) is 1.22. The zero-order valence-electron chi connectivity index (χ0n) is 17.4. The molecule has 0 atom stereocenters. The molecule has 3 rings (SSSR count). The minimum absolute atomic E-state index is 0.0581. The van der Waals surface area contributed by atoms with Crippen molar-refractivity contribution in [2.75, 3.05) is 7.11 Å². The van der Waals surface area contributed by atoms with Crippen molar-refractivity contribution >= 4 is 23.6 Å². The monoisotopic (exact) mass is 425 g/mol. The van der Waals surface area contributed by atoms with Crippen LogP contribution in [0.2, 0.25) is 5.02 Å². The van der Waals surface area contributed by atoms with Crippen molar-refractivity contribution in [3.05, 3.63) is 70.6 Å².